The molecule has 98 valence electrons. The Kier molecular flexibility index (Phi) is 4.36. The molecular weight excluding hydrogens is 250 g/mol. The molecule has 2 heterocycles. The minimum absolute atomic E-state index is 0.231. The summed E-state index contributed by atoms with van der Waals surface area (Å²) >= 11 is 5.93. The summed E-state index contributed by atoms with van der Waals surface area (Å²) in [5.41, 5.74) is 1.02. The monoisotopic (exact) mass is 267 g/mol. The summed E-state index contributed by atoms with van der Waals surface area (Å²) in [5.74, 6) is 1.18. The summed E-state index contributed by atoms with van der Waals surface area (Å²) in [6.07, 6.45) is 3.63. The fourth-order valence-corrected chi connectivity index (χ4v) is 2.04. The highest BCUT2D eigenvalue weighted by molar-refractivity contribution is 6.28. The van der Waals surface area contributed by atoms with Gasteiger partial charge in [-0.15, -0.1) is 0 Å². The predicted molar refractivity (Wildman–Crippen MR) is 74.2 cm³/mol. The topological polar surface area (TPSA) is 53.9 Å². The molecule has 1 fully saturated rings. The van der Waals surface area contributed by atoms with Crippen molar-refractivity contribution in [2.45, 2.75) is 26.2 Å². The smallest absolute Gasteiger partial charge is 0.231 e. The van der Waals surface area contributed by atoms with Crippen molar-refractivity contribution in [3.05, 3.63) is 17.4 Å². The van der Waals surface area contributed by atoms with Gasteiger partial charge in [-0.25, -0.2) is 0 Å². The molecule has 0 amide bonds. The Morgan fingerprint density at radius 2 is 2.00 bits per heavy atom. The Morgan fingerprint density at radius 3 is 2.67 bits per heavy atom. The molecule has 1 aliphatic rings. The first-order chi connectivity index (χ1) is 8.65. The van der Waals surface area contributed by atoms with Crippen LogP contribution < -0.4 is 10.2 Å². The van der Waals surface area contributed by atoms with Crippen LogP contribution in [0.3, 0.4) is 0 Å². The molecule has 1 N–H and O–H groups in total. The van der Waals surface area contributed by atoms with E-state index in [4.69, 9.17) is 11.6 Å². The normalized spacial score (nSPS) is 15.6. The quantitative estimate of drug-likeness (QED) is 0.850. The Balaban J connectivity index is 2.12. The zero-order chi connectivity index (χ0) is 13.0. The lowest BCUT2D eigenvalue weighted by Crippen LogP contribution is -2.31. The first kappa shape index (κ1) is 13.1. The number of aromatic nitrogens is 3. The van der Waals surface area contributed by atoms with Crippen molar-refractivity contribution >= 4 is 23.5 Å². The number of anilines is 2. The number of halogens is 1. The van der Waals surface area contributed by atoms with Crippen LogP contribution >= 0.6 is 11.6 Å². The standard InChI is InChI=1S/C12H18ClN5/c1-9(2)8-14-11-15-10(13)16-12(17-11)18-6-4-3-5-7-18/h1,3-8H2,2H3,(H,14,15,16,17). The molecule has 0 spiro atoms. The fraction of sp³-hybridized carbons (Fsp3) is 0.583. The van der Waals surface area contributed by atoms with Crippen molar-refractivity contribution in [3.63, 3.8) is 0 Å². The molecule has 2 rings (SSSR count). The molecular formula is C12H18ClN5. The third-order valence-corrected chi connectivity index (χ3v) is 2.95. The number of nitrogens with zero attached hydrogens (tertiary/aromatic N) is 4. The van der Waals surface area contributed by atoms with Gasteiger partial charge in [-0.05, 0) is 37.8 Å². The molecule has 1 aromatic heterocycles. The molecule has 0 aromatic carbocycles. The molecule has 1 aromatic rings. The summed E-state index contributed by atoms with van der Waals surface area (Å²) in [5, 5.41) is 3.32. The SMILES string of the molecule is C=C(C)CNc1nc(Cl)nc(N2CCCCC2)n1. The highest BCUT2D eigenvalue weighted by atomic mass is 35.5. The van der Waals surface area contributed by atoms with E-state index in [1.54, 1.807) is 0 Å². The number of hydrogen-bond donors (Lipinski definition) is 1. The van der Waals surface area contributed by atoms with E-state index in [0.717, 1.165) is 18.7 Å². The van der Waals surface area contributed by atoms with Gasteiger partial charge < -0.3 is 10.2 Å². The number of rotatable bonds is 4. The Morgan fingerprint density at radius 1 is 1.28 bits per heavy atom. The largest absolute Gasteiger partial charge is 0.350 e. The van der Waals surface area contributed by atoms with E-state index in [-0.39, 0.29) is 5.28 Å². The van der Waals surface area contributed by atoms with E-state index in [1.807, 2.05) is 6.92 Å². The first-order valence-electron chi connectivity index (χ1n) is 6.20. The van der Waals surface area contributed by atoms with Crippen LogP contribution in [-0.4, -0.2) is 34.6 Å². The van der Waals surface area contributed by atoms with Gasteiger partial charge in [0, 0.05) is 19.6 Å². The van der Waals surface area contributed by atoms with Crippen molar-refractivity contribution in [1.82, 2.24) is 15.0 Å². The predicted octanol–water partition coefficient (Wildman–Crippen LogP) is 2.50. The molecule has 1 aliphatic heterocycles. The lowest BCUT2D eigenvalue weighted by Gasteiger charge is -2.26. The molecule has 0 atom stereocenters. The van der Waals surface area contributed by atoms with E-state index in [9.17, 15) is 0 Å². The maximum atomic E-state index is 5.93. The zero-order valence-electron chi connectivity index (χ0n) is 10.6. The summed E-state index contributed by atoms with van der Waals surface area (Å²) in [4.78, 5) is 14.8. The minimum Gasteiger partial charge on any atom is -0.350 e. The van der Waals surface area contributed by atoms with Crippen molar-refractivity contribution in [1.29, 1.82) is 0 Å². The molecule has 0 radical (unpaired) electrons. The van der Waals surface area contributed by atoms with Gasteiger partial charge in [0.2, 0.25) is 17.2 Å². The third-order valence-electron chi connectivity index (χ3n) is 2.78. The number of hydrogen-bond acceptors (Lipinski definition) is 5. The second-order valence-electron chi connectivity index (χ2n) is 4.59. The Hall–Kier alpha value is -1.36. The van der Waals surface area contributed by atoms with Crippen LogP contribution in [0.25, 0.3) is 0 Å². The van der Waals surface area contributed by atoms with Crippen molar-refractivity contribution in [2.24, 2.45) is 0 Å². The van der Waals surface area contributed by atoms with Gasteiger partial charge >= 0.3 is 0 Å². The third kappa shape index (κ3) is 3.57. The van der Waals surface area contributed by atoms with Crippen molar-refractivity contribution < 1.29 is 0 Å². The first-order valence-corrected chi connectivity index (χ1v) is 6.58. The van der Waals surface area contributed by atoms with Crippen LogP contribution in [0.4, 0.5) is 11.9 Å². The molecule has 1 saturated heterocycles. The van der Waals surface area contributed by atoms with E-state index >= 15 is 0 Å². The van der Waals surface area contributed by atoms with Crippen LogP contribution in [0.2, 0.25) is 5.28 Å². The fourth-order valence-electron chi connectivity index (χ4n) is 1.88. The molecule has 0 unspecified atom stereocenters. The van der Waals surface area contributed by atoms with E-state index in [1.165, 1.54) is 19.3 Å². The summed E-state index contributed by atoms with van der Waals surface area (Å²) in [6, 6.07) is 0. The van der Waals surface area contributed by atoms with E-state index < -0.39 is 0 Å². The maximum absolute atomic E-state index is 5.93. The molecule has 5 nitrogen and oxygen atoms in total. The number of nitrogens with one attached hydrogen (secondary N) is 1. The Labute approximate surface area is 112 Å². The van der Waals surface area contributed by atoms with Crippen LogP contribution in [-0.2, 0) is 0 Å². The average Bonchev–Trinajstić information content (AvgIpc) is 2.37. The van der Waals surface area contributed by atoms with Crippen LogP contribution in [0.1, 0.15) is 26.2 Å². The van der Waals surface area contributed by atoms with E-state index in [2.05, 4.69) is 31.7 Å². The molecule has 0 bridgehead atoms. The summed E-state index contributed by atoms with van der Waals surface area (Å²) in [7, 11) is 0. The second-order valence-corrected chi connectivity index (χ2v) is 4.92. The van der Waals surface area contributed by atoms with Gasteiger partial charge in [0.25, 0.3) is 0 Å². The van der Waals surface area contributed by atoms with Gasteiger partial charge in [0.1, 0.15) is 0 Å². The van der Waals surface area contributed by atoms with Gasteiger partial charge in [0.15, 0.2) is 0 Å². The average molecular weight is 268 g/mol. The highest BCUT2D eigenvalue weighted by Gasteiger charge is 2.15. The van der Waals surface area contributed by atoms with Crippen LogP contribution in [0.5, 0.6) is 0 Å². The lowest BCUT2D eigenvalue weighted by atomic mass is 10.1. The molecule has 0 saturated carbocycles. The zero-order valence-corrected chi connectivity index (χ0v) is 11.4. The summed E-state index contributed by atoms with van der Waals surface area (Å²) < 4.78 is 0. The van der Waals surface area contributed by atoms with Gasteiger partial charge in [-0.2, -0.15) is 15.0 Å². The number of piperidine rings is 1. The lowest BCUT2D eigenvalue weighted by molar-refractivity contribution is 0.567. The molecule has 0 aliphatic carbocycles. The van der Waals surface area contributed by atoms with Gasteiger partial charge in [-0.1, -0.05) is 12.2 Å². The van der Waals surface area contributed by atoms with Crippen LogP contribution in [0, 0.1) is 0 Å². The molecule has 6 heteroatoms. The van der Waals surface area contributed by atoms with Gasteiger partial charge in [-0.3, -0.25) is 0 Å². The molecule has 18 heavy (non-hydrogen) atoms. The Bertz CT molecular complexity index is 428. The summed E-state index contributed by atoms with van der Waals surface area (Å²) in [6.45, 7) is 8.39. The highest BCUT2D eigenvalue weighted by Crippen LogP contribution is 2.18. The van der Waals surface area contributed by atoms with Crippen LogP contribution in [0.15, 0.2) is 12.2 Å². The maximum Gasteiger partial charge on any atom is 0.231 e. The minimum atomic E-state index is 0.231. The van der Waals surface area contributed by atoms with Gasteiger partial charge in [0.05, 0.1) is 0 Å². The van der Waals surface area contributed by atoms with E-state index in [0.29, 0.717) is 18.4 Å². The van der Waals surface area contributed by atoms with Crippen molar-refractivity contribution in [2.75, 3.05) is 29.9 Å². The van der Waals surface area contributed by atoms with Crippen molar-refractivity contribution in [3.8, 4) is 0 Å². The second kappa shape index (κ2) is 6.00.